The molecule has 1 aliphatic carbocycles. The average molecular weight is 346 g/mol. The minimum atomic E-state index is -0.431. The first-order chi connectivity index (χ1) is 12.6. The number of para-hydroxylation sites is 1. The van der Waals surface area contributed by atoms with Crippen LogP contribution in [0, 0.1) is 17.2 Å². The number of hydrogen-bond donors (Lipinski definition) is 0. The molecule has 0 radical (unpaired) electrons. The number of fused-ring (bicyclic) bond motifs is 1. The number of esters is 1. The molecule has 2 aromatic rings. The number of anilines is 1. The van der Waals surface area contributed by atoms with Crippen molar-refractivity contribution in [1.29, 1.82) is 5.26 Å². The summed E-state index contributed by atoms with van der Waals surface area (Å²) in [6, 6.07) is 17.1. The topological polar surface area (TPSA) is 70.4 Å². The van der Waals surface area contributed by atoms with Crippen LogP contribution in [0.15, 0.2) is 48.5 Å². The molecule has 0 unspecified atom stereocenters. The van der Waals surface area contributed by atoms with Gasteiger partial charge < -0.3 is 9.64 Å². The number of rotatable bonds is 3. The van der Waals surface area contributed by atoms with E-state index < -0.39 is 5.92 Å². The zero-order valence-electron chi connectivity index (χ0n) is 14.4. The molecular weight excluding hydrogens is 328 g/mol. The van der Waals surface area contributed by atoms with Gasteiger partial charge in [0.2, 0.25) is 5.91 Å². The van der Waals surface area contributed by atoms with Crippen LogP contribution in [-0.2, 0) is 14.3 Å². The summed E-state index contributed by atoms with van der Waals surface area (Å²) in [6.45, 7) is 0.326. The first kappa shape index (κ1) is 16.3. The van der Waals surface area contributed by atoms with Gasteiger partial charge in [0.25, 0.3) is 0 Å². The molecule has 0 saturated heterocycles. The molecule has 1 aliphatic heterocycles. The van der Waals surface area contributed by atoms with Crippen molar-refractivity contribution in [2.75, 3.05) is 18.6 Å². The van der Waals surface area contributed by atoms with E-state index in [1.54, 1.807) is 11.0 Å². The summed E-state index contributed by atoms with van der Waals surface area (Å²) in [7, 11) is 1.37. The van der Waals surface area contributed by atoms with E-state index >= 15 is 0 Å². The lowest BCUT2D eigenvalue weighted by atomic mass is 10.0. The zero-order chi connectivity index (χ0) is 18.3. The second kappa shape index (κ2) is 6.30. The number of amides is 1. The number of carbonyl (C=O) groups is 2. The molecule has 1 heterocycles. The van der Waals surface area contributed by atoms with E-state index in [0.717, 1.165) is 23.2 Å². The largest absolute Gasteiger partial charge is 0.468 e. The Bertz CT molecular complexity index is 931. The monoisotopic (exact) mass is 346 g/mol. The third-order valence-electron chi connectivity index (χ3n) is 5.27. The Morgan fingerprint density at radius 3 is 2.77 bits per heavy atom. The highest BCUT2D eigenvalue weighted by Gasteiger charge is 2.48. The molecule has 26 heavy (non-hydrogen) atoms. The number of carbonyl (C=O) groups excluding carboxylic acids is 2. The summed E-state index contributed by atoms with van der Waals surface area (Å²) in [4.78, 5) is 26.9. The minimum absolute atomic E-state index is 0.0382. The quantitative estimate of drug-likeness (QED) is 0.801. The van der Waals surface area contributed by atoms with Crippen LogP contribution in [0.1, 0.15) is 34.9 Å². The molecule has 0 bridgehead atoms. The van der Waals surface area contributed by atoms with Crippen LogP contribution in [0.5, 0.6) is 0 Å². The lowest BCUT2D eigenvalue weighted by Crippen LogP contribution is -2.33. The van der Waals surface area contributed by atoms with Gasteiger partial charge in [-0.05, 0) is 41.7 Å². The zero-order valence-corrected chi connectivity index (χ0v) is 14.4. The molecule has 1 amide bonds. The summed E-state index contributed by atoms with van der Waals surface area (Å²) < 4.78 is 4.90. The van der Waals surface area contributed by atoms with Gasteiger partial charge in [-0.1, -0.05) is 30.3 Å². The first-order valence-electron chi connectivity index (χ1n) is 8.62. The van der Waals surface area contributed by atoms with Crippen molar-refractivity contribution in [1.82, 2.24) is 0 Å². The Kier molecular flexibility index (Phi) is 3.96. The summed E-state index contributed by atoms with van der Waals surface area (Å²) in [5.41, 5.74) is 3.28. The second-order valence-corrected chi connectivity index (χ2v) is 6.77. The lowest BCUT2D eigenvalue weighted by molar-refractivity contribution is -0.142. The molecule has 1 fully saturated rings. The van der Waals surface area contributed by atoms with Crippen molar-refractivity contribution >= 4 is 17.6 Å². The van der Waals surface area contributed by atoms with Crippen LogP contribution < -0.4 is 4.90 Å². The van der Waals surface area contributed by atoms with Gasteiger partial charge in [0.1, 0.15) is 5.92 Å². The van der Waals surface area contributed by atoms with Crippen molar-refractivity contribution in [2.24, 2.45) is 5.92 Å². The lowest BCUT2D eigenvalue weighted by Gasteiger charge is -2.18. The third-order valence-corrected chi connectivity index (χ3v) is 5.27. The van der Waals surface area contributed by atoms with Crippen molar-refractivity contribution < 1.29 is 14.3 Å². The van der Waals surface area contributed by atoms with Gasteiger partial charge in [0.15, 0.2) is 0 Å². The Balaban J connectivity index is 1.56. The number of methoxy groups -OCH3 is 1. The molecule has 1 saturated carbocycles. The van der Waals surface area contributed by atoms with E-state index in [2.05, 4.69) is 6.07 Å². The molecule has 0 spiro atoms. The van der Waals surface area contributed by atoms with Crippen LogP contribution in [0.4, 0.5) is 5.69 Å². The maximum Gasteiger partial charge on any atom is 0.315 e. The van der Waals surface area contributed by atoms with Gasteiger partial charge in [-0.3, -0.25) is 9.59 Å². The highest BCUT2D eigenvalue weighted by atomic mass is 16.5. The minimum Gasteiger partial charge on any atom is -0.468 e. The molecule has 5 heteroatoms. The number of ether oxygens (including phenoxy) is 1. The first-order valence-corrected chi connectivity index (χ1v) is 8.62. The molecule has 3 atom stereocenters. The van der Waals surface area contributed by atoms with E-state index in [1.807, 2.05) is 42.5 Å². The van der Waals surface area contributed by atoms with E-state index in [4.69, 9.17) is 10.00 Å². The summed E-state index contributed by atoms with van der Waals surface area (Å²) in [6.07, 6.45) is 0.773. The number of nitriles is 1. The normalized spacial score (nSPS) is 23.1. The van der Waals surface area contributed by atoms with Crippen molar-refractivity contribution in [3.8, 4) is 6.07 Å². The molecule has 2 aromatic carbocycles. The molecule has 5 nitrogen and oxygen atoms in total. The predicted molar refractivity (Wildman–Crippen MR) is 95.6 cm³/mol. The predicted octanol–water partition coefficient (Wildman–Crippen LogP) is 2.97. The summed E-state index contributed by atoms with van der Waals surface area (Å²) in [5, 5.41) is 9.06. The molecule has 2 aliphatic rings. The van der Waals surface area contributed by atoms with Gasteiger partial charge in [-0.25, -0.2) is 0 Å². The molecular formula is C21H18N2O3. The third kappa shape index (κ3) is 2.64. The fourth-order valence-electron chi connectivity index (χ4n) is 3.84. The average Bonchev–Trinajstić information content (AvgIpc) is 3.40. The SMILES string of the molecule is COC(=O)[C@@H]1CN(C(=O)[C@H]2C[C@H]2c2cccc(C#N)c2)c2ccccc21. The highest BCUT2D eigenvalue weighted by Crippen LogP contribution is 2.50. The van der Waals surface area contributed by atoms with Crippen LogP contribution >= 0.6 is 0 Å². The number of nitrogens with zero attached hydrogens (tertiary/aromatic N) is 2. The fourth-order valence-corrected chi connectivity index (χ4v) is 3.84. The second-order valence-electron chi connectivity index (χ2n) is 6.77. The summed E-state index contributed by atoms with van der Waals surface area (Å²) in [5.74, 6) is -0.675. The van der Waals surface area contributed by atoms with Gasteiger partial charge in [0.05, 0.1) is 18.7 Å². The van der Waals surface area contributed by atoms with Crippen LogP contribution in [0.3, 0.4) is 0 Å². The fraction of sp³-hybridized carbons (Fsp3) is 0.286. The summed E-state index contributed by atoms with van der Waals surface area (Å²) >= 11 is 0. The van der Waals surface area contributed by atoms with E-state index in [9.17, 15) is 9.59 Å². The Morgan fingerprint density at radius 2 is 2.00 bits per heavy atom. The molecule has 130 valence electrons. The van der Waals surface area contributed by atoms with Crippen molar-refractivity contribution in [2.45, 2.75) is 18.3 Å². The van der Waals surface area contributed by atoms with Crippen LogP contribution in [-0.4, -0.2) is 25.5 Å². The van der Waals surface area contributed by atoms with E-state index in [0.29, 0.717) is 12.1 Å². The maximum absolute atomic E-state index is 13.1. The van der Waals surface area contributed by atoms with Gasteiger partial charge >= 0.3 is 5.97 Å². The molecule has 4 rings (SSSR count). The number of benzene rings is 2. The van der Waals surface area contributed by atoms with Crippen molar-refractivity contribution in [3.05, 3.63) is 65.2 Å². The van der Waals surface area contributed by atoms with Gasteiger partial charge in [-0.15, -0.1) is 0 Å². The van der Waals surface area contributed by atoms with Crippen molar-refractivity contribution in [3.63, 3.8) is 0 Å². The Hall–Kier alpha value is -3.13. The standard InChI is InChI=1S/C21H18N2O3/c1-26-21(25)18-12-23(19-8-3-2-7-15(18)19)20(24)17-10-16(17)14-6-4-5-13(9-14)11-22/h2-9,16-18H,10,12H2,1H3/t16-,17-,18+/m0/s1. The Labute approximate surface area is 151 Å². The van der Waals surface area contributed by atoms with Gasteiger partial charge in [-0.2, -0.15) is 5.26 Å². The van der Waals surface area contributed by atoms with E-state index in [-0.39, 0.29) is 23.7 Å². The maximum atomic E-state index is 13.1. The van der Waals surface area contributed by atoms with Crippen LogP contribution in [0.25, 0.3) is 0 Å². The van der Waals surface area contributed by atoms with Crippen LogP contribution in [0.2, 0.25) is 0 Å². The highest BCUT2D eigenvalue weighted by molar-refractivity contribution is 6.02. The molecule has 0 aromatic heterocycles. The smallest absolute Gasteiger partial charge is 0.315 e. The Morgan fingerprint density at radius 1 is 1.19 bits per heavy atom. The van der Waals surface area contributed by atoms with E-state index in [1.165, 1.54) is 7.11 Å². The number of hydrogen-bond acceptors (Lipinski definition) is 4. The van der Waals surface area contributed by atoms with Gasteiger partial charge in [0, 0.05) is 18.2 Å². The molecule has 0 N–H and O–H groups in total.